The molecule has 0 aromatic carbocycles. The van der Waals surface area contributed by atoms with Gasteiger partial charge >= 0.3 is 5.97 Å². The van der Waals surface area contributed by atoms with Crippen LogP contribution in [0.3, 0.4) is 0 Å². The van der Waals surface area contributed by atoms with E-state index in [2.05, 4.69) is 12.2 Å². The zero-order valence-corrected chi connectivity index (χ0v) is 7.80. The van der Waals surface area contributed by atoms with Crippen LogP contribution in [-0.2, 0) is 9.53 Å². The fraction of sp³-hybridized carbons (Fsp3) is 0.889. The molecule has 1 rings (SSSR count). The minimum atomic E-state index is -0.185. The Balaban J connectivity index is 2.18. The average Bonchev–Trinajstić information content (AvgIpc) is 2.01. The van der Waals surface area contributed by atoms with Gasteiger partial charge < -0.3 is 10.1 Å². The largest absolute Gasteiger partial charge is 0.464 e. The van der Waals surface area contributed by atoms with Crippen LogP contribution in [0.5, 0.6) is 0 Å². The number of piperidine rings is 1. The van der Waals surface area contributed by atoms with E-state index < -0.39 is 0 Å². The van der Waals surface area contributed by atoms with Crippen LogP contribution in [0.25, 0.3) is 0 Å². The maximum absolute atomic E-state index is 10.5. The third kappa shape index (κ3) is 3.22. The highest BCUT2D eigenvalue weighted by Gasteiger charge is 2.18. The molecule has 0 aromatic heterocycles. The molecule has 1 aliphatic rings. The van der Waals surface area contributed by atoms with Gasteiger partial charge in [0.1, 0.15) is 6.61 Å². The van der Waals surface area contributed by atoms with Gasteiger partial charge in [-0.05, 0) is 25.3 Å². The standard InChI is InChI=1S/C9H17NO2/c1-7-3-4-10-9(5-7)6-12-8(2)11/h7,9-10H,3-6H2,1-2H3/t7-,9-/m1/s1. The lowest BCUT2D eigenvalue weighted by Gasteiger charge is -2.27. The molecular weight excluding hydrogens is 154 g/mol. The fourth-order valence-electron chi connectivity index (χ4n) is 1.57. The Morgan fingerprint density at radius 2 is 2.42 bits per heavy atom. The van der Waals surface area contributed by atoms with Crippen molar-refractivity contribution in [3.63, 3.8) is 0 Å². The second-order valence-corrected chi connectivity index (χ2v) is 3.58. The van der Waals surface area contributed by atoms with Crippen molar-refractivity contribution >= 4 is 5.97 Å². The maximum atomic E-state index is 10.5. The molecule has 1 heterocycles. The normalized spacial score (nSPS) is 29.8. The Kier molecular flexibility index (Phi) is 3.53. The van der Waals surface area contributed by atoms with Gasteiger partial charge in [-0.25, -0.2) is 0 Å². The first-order chi connectivity index (χ1) is 5.68. The lowest BCUT2D eigenvalue weighted by atomic mass is 9.95. The summed E-state index contributed by atoms with van der Waals surface area (Å²) in [6, 6.07) is 0.373. The van der Waals surface area contributed by atoms with E-state index in [-0.39, 0.29) is 5.97 Å². The molecule has 1 saturated heterocycles. The molecule has 1 fully saturated rings. The molecule has 1 aliphatic heterocycles. The minimum Gasteiger partial charge on any atom is -0.464 e. The third-order valence-corrected chi connectivity index (χ3v) is 2.24. The second kappa shape index (κ2) is 4.45. The summed E-state index contributed by atoms with van der Waals surface area (Å²) in [6.07, 6.45) is 2.35. The summed E-state index contributed by atoms with van der Waals surface area (Å²) in [5.74, 6) is 0.571. The lowest BCUT2D eigenvalue weighted by Crippen LogP contribution is -2.40. The van der Waals surface area contributed by atoms with E-state index in [0.717, 1.165) is 18.9 Å². The van der Waals surface area contributed by atoms with Gasteiger partial charge in [-0.2, -0.15) is 0 Å². The van der Waals surface area contributed by atoms with Crippen LogP contribution in [0.15, 0.2) is 0 Å². The number of rotatable bonds is 2. The van der Waals surface area contributed by atoms with Crippen molar-refractivity contribution in [2.45, 2.75) is 32.7 Å². The first-order valence-electron chi connectivity index (χ1n) is 4.55. The van der Waals surface area contributed by atoms with Crippen molar-refractivity contribution in [1.82, 2.24) is 5.32 Å². The summed E-state index contributed by atoms with van der Waals surface area (Å²) >= 11 is 0. The van der Waals surface area contributed by atoms with Gasteiger partial charge in [0.25, 0.3) is 0 Å². The molecule has 3 nitrogen and oxygen atoms in total. The summed E-state index contributed by atoms with van der Waals surface area (Å²) in [6.45, 7) is 5.26. The van der Waals surface area contributed by atoms with Gasteiger partial charge in [-0.1, -0.05) is 6.92 Å². The molecule has 0 unspecified atom stereocenters. The number of nitrogens with one attached hydrogen (secondary N) is 1. The van der Waals surface area contributed by atoms with Crippen LogP contribution in [0.4, 0.5) is 0 Å². The lowest BCUT2D eigenvalue weighted by molar-refractivity contribution is -0.141. The molecule has 1 N–H and O–H groups in total. The topological polar surface area (TPSA) is 38.3 Å². The monoisotopic (exact) mass is 171 g/mol. The maximum Gasteiger partial charge on any atom is 0.302 e. The minimum absolute atomic E-state index is 0.185. The van der Waals surface area contributed by atoms with Gasteiger partial charge in [0.2, 0.25) is 0 Å². The zero-order chi connectivity index (χ0) is 8.97. The number of hydrogen-bond acceptors (Lipinski definition) is 3. The van der Waals surface area contributed by atoms with Gasteiger partial charge in [-0.15, -0.1) is 0 Å². The van der Waals surface area contributed by atoms with Gasteiger partial charge in [0.15, 0.2) is 0 Å². The number of carbonyl (C=O) groups is 1. The molecule has 0 aliphatic carbocycles. The quantitative estimate of drug-likeness (QED) is 0.628. The summed E-state index contributed by atoms with van der Waals surface area (Å²) in [5, 5.41) is 3.33. The van der Waals surface area contributed by atoms with E-state index in [0.29, 0.717) is 12.6 Å². The molecular formula is C9H17NO2. The first kappa shape index (κ1) is 9.52. The van der Waals surface area contributed by atoms with Crippen molar-refractivity contribution in [1.29, 1.82) is 0 Å². The zero-order valence-electron chi connectivity index (χ0n) is 7.80. The van der Waals surface area contributed by atoms with Crippen molar-refractivity contribution < 1.29 is 9.53 Å². The number of ether oxygens (including phenoxy) is 1. The van der Waals surface area contributed by atoms with E-state index in [1.165, 1.54) is 13.3 Å². The molecule has 0 bridgehead atoms. The van der Waals surface area contributed by atoms with Gasteiger partial charge in [0.05, 0.1) is 0 Å². The average molecular weight is 171 g/mol. The van der Waals surface area contributed by atoms with Crippen LogP contribution in [0.2, 0.25) is 0 Å². The molecule has 0 spiro atoms. The highest BCUT2D eigenvalue weighted by Crippen LogP contribution is 2.14. The van der Waals surface area contributed by atoms with E-state index in [1.54, 1.807) is 0 Å². The molecule has 0 radical (unpaired) electrons. The van der Waals surface area contributed by atoms with Gasteiger partial charge in [0, 0.05) is 13.0 Å². The Morgan fingerprint density at radius 3 is 3.00 bits per heavy atom. The Labute approximate surface area is 73.5 Å². The summed E-state index contributed by atoms with van der Waals surface area (Å²) in [7, 11) is 0. The SMILES string of the molecule is CC(=O)OC[C@H]1C[C@H](C)CCN1. The fourth-order valence-corrected chi connectivity index (χ4v) is 1.57. The Hall–Kier alpha value is -0.570. The van der Waals surface area contributed by atoms with E-state index in [4.69, 9.17) is 4.74 Å². The third-order valence-electron chi connectivity index (χ3n) is 2.24. The summed E-state index contributed by atoms with van der Waals surface area (Å²) < 4.78 is 4.93. The van der Waals surface area contributed by atoms with Crippen LogP contribution in [0.1, 0.15) is 26.7 Å². The Morgan fingerprint density at radius 1 is 1.67 bits per heavy atom. The molecule has 0 aromatic rings. The first-order valence-corrected chi connectivity index (χ1v) is 4.55. The number of carbonyl (C=O) groups excluding carboxylic acids is 1. The van der Waals surface area contributed by atoms with Crippen molar-refractivity contribution in [3.05, 3.63) is 0 Å². The van der Waals surface area contributed by atoms with E-state index >= 15 is 0 Å². The van der Waals surface area contributed by atoms with Gasteiger partial charge in [-0.3, -0.25) is 4.79 Å². The highest BCUT2D eigenvalue weighted by molar-refractivity contribution is 5.65. The smallest absolute Gasteiger partial charge is 0.302 e. The van der Waals surface area contributed by atoms with Crippen LogP contribution < -0.4 is 5.32 Å². The van der Waals surface area contributed by atoms with Crippen molar-refractivity contribution in [2.24, 2.45) is 5.92 Å². The highest BCUT2D eigenvalue weighted by atomic mass is 16.5. The predicted octanol–water partition coefficient (Wildman–Crippen LogP) is 0.938. The van der Waals surface area contributed by atoms with E-state index in [9.17, 15) is 4.79 Å². The molecule has 0 amide bonds. The van der Waals surface area contributed by atoms with E-state index in [1.807, 2.05) is 0 Å². The van der Waals surface area contributed by atoms with Crippen LogP contribution in [-0.4, -0.2) is 25.2 Å². The summed E-state index contributed by atoms with van der Waals surface area (Å²) in [5.41, 5.74) is 0. The Bertz CT molecular complexity index is 159. The molecule has 12 heavy (non-hydrogen) atoms. The molecule has 70 valence electrons. The predicted molar refractivity (Wildman–Crippen MR) is 46.8 cm³/mol. The molecule has 3 heteroatoms. The number of esters is 1. The van der Waals surface area contributed by atoms with Crippen LogP contribution in [0, 0.1) is 5.92 Å². The second-order valence-electron chi connectivity index (χ2n) is 3.58. The molecule has 0 saturated carbocycles. The van der Waals surface area contributed by atoms with Crippen molar-refractivity contribution in [3.8, 4) is 0 Å². The summed E-state index contributed by atoms with van der Waals surface area (Å²) in [4.78, 5) is 10.5. The molecule has 2 atom stereocenters. The van der Waals surface area contributed by atoms with Crippen molar-refractivity contribution in [2.75, 3.05) is 13.2 Å². The van der Waals surface area contributed by atoms with Crippen LogP contribution >= 0.6 is 0 Å². The number of hydrogen-bond donors (Lipinski definition) is 1.